The van der Waals surface area contributed by atoms with Crippen molar-refractivity contribution in [3.05, 3.63) is 74.4 Å². The molecule has 0 aliphatic carbocycles. The van der Waals surface area contributed by atoms with Crippen LogP contribution in [0.15, 0.2) is 52.1 Å². The normalized spacial score (nSPS) is 10.8. The third-order valence-corrected chi connectivity index (χ3v) is 3.97. The molecule has 2 aromatic carbocycles. The molecule has 3 rings (SSSR count). The number of aromatic carboxylic acids is 1. The summed E-state index contributed by atoms with van der Waals surface area (Å²) in [5.41, 5.74) is -0.0567. The van der Waals surface area contributed by atoms with E-state index < -0.39 is 17.2 Å². The van der Waals surface area contributed by atoms with Crippen LogP contribution in [0.5, 0.6) is 5.75 Å². The highest BCUT2D eigenvalue weighted by Crippen LogP contribution is 2.13. The molecule has 0 bridgehead atoms. The number of carbonyl (C=O) groups is 1. The van der Waals surface area contributed by atoms with Crippen LogP contribution in [0, 0.1) is 0 Å². The van der Waals surface area contributed by atoms with Gasteiger partial charge in [0.15, 0.2) is 0 Å². The van der Waals surface area contributed by atoms with Gasteiger partial charge in [0.05, 0.1) is 29.6 Å². The van der Waals surface area contributed by atoms with Gasteiger partial charge in [-0.1, -0.05) is 19.1 Å². The Kier molecular flexibility index (Phi) is 4.88. The molecule has 1 heterocycles. The Bertz CT molecular complexity index is 1060. The number of rotatable bonds is 6. The molecule has 0 spiro atoms. The molecule has 0 aliphatic rings. The number of aromatic nitrogens is 2. The molecule has 2 N–H and O–H groups in total. The number of carboxylic acids is 1. The van der Waals surface area contributed by atoms with Crippen molar-refractivity contribution >= 4 is 16.9 Å². The highest BCUT2D eigenvalue weighted by molar-refractivity contribution is 5.92. The van der Waals surface area contributed by atoms with E-state index in [2.05, 4.69) is 4.98 Å². The van der Waals surface area contributed by atoms with E-state index >= 15 is 0 Å². The topological polar surface area (TPSA) is 101 Å². The van der Waals surface area contributed by atoms with E-state index in [1.807, 2.05) is 6.92 Å². The smallest absolute Gasteiger partial charge is 0.335 e. The van der Waals surface area contributed by atoms with E-state index in [-0.39, 0.29) is 23.0 Å². The predicted molar refractivity (Wildman–Crippen MR) is 97.1 cm³/mol. The van der Waals surface area contributed by atoms with Gasteiger partial charge < -0.3 is 14.8 Å². The van der Waals surface area contributed by atoms with Gasteiger partial charge in [-0.25, -0.2) is 9.59 Å². The predicted octanol–water partition coefficient (Wildman–Crippen LogP) is 2.23. The maximum atomic E-state index is 12.6. The zero-order valence-corrected chi connectivity index (χ0v) is 14.2. The summed E-state index contributed by atoms with van der Waals surface area (Å²) >= 11 is 0. The third-order valence-electron chi connectivity index (χ3n) is 3.97. The molecule has 3 aromatic rings. The number of hydrogen-bond donors (Lipinski definition) is 2. The maximum absolute atomic E-state index is 12.6. The number of hydrogen-bond acceptors (Lipinski definition) is 4. The first-order valence-corrected chi connectivity index (χ1v) is 8.21. The van der Waals surface area contributed by atoms with Crippen LogP contribution in [-0.2, 0) is 6.54 Å². The molecule has 0 aliphatic heterocycles. The van der Waals surface area contributed by atoms with Crippen LogP contribution in [0.4, 0.5) is 0 Å². The van der Waals surface area contributed by atoms with E-state index in [0.29, 0.717) is 6.61 Å². The van der Waals surface area contributed by atoms with Crippen molar-refractivity contribution in [2.24, 2.45) is 0 Å². The van der Waals surface area contributed by atoms with Crippen LogP contribution in [0.3, 0.4) is 0 Å². The highest BCUT2D eigenvalue weighted by atomic mass is 16.5. The van der Waals surface area contributed by atoms with Crippen LogP contribution in [0.25, 0.3) is 10.9 Å². The number of aromatic amines is 1. The number of H-pyrrole nitrogens is 1. The lowest BCUT2D eigenvalue weighted by Gasteiger charge is -2.09. The first-order valence-electron chi connectivity index (χ1n) is 8.21. The molecule has 7 heteroatoms. The summed E-state index contributed by atoms with van der Waals surface area (Å²) in [5.74, 6) is -0.390. The average Bonchev–Trinajstić information content (AvgIpc) is 2.64. The Balaban J connectivity index is 1.95. The van der Waals surface area contributed by atoms with Crippen molar-refractivity contribution in [3.63, 3.8) is 0 Å². The molecule has 0 saturated carbocycles. The van der Waals surface area contributed by atoms with Gasteiger partial charge in [0.25, 0.3) is 5.56 Å². The second-order valence-electron chi connectivity index (χ2n) is 5.88. The number of ether oxygens (including phenoxy) is 1. The summed E-state index contributed by atoms with van der Waals surface area (Å²) in [4.78, 5) is 38.5. The average molecular weight is 354 g/mol. The maximum Gasteiger partial charge on any atom is 0.335 e. The van der Waals surface area contributed by atoms with E-state index in [0.717, 1.165) is 22.3 Å². The van der Waals surface area contributed by atoms with Crippen molar-refractivity contribution in [1.82, 2.24) is 9.55 Å². The Morgan fingerprint density at radius 3 is 2.54 bits per heavy atom. The summed E-state index contributed by atoms with van der Waals surface area (Å²) in [6.07, 6.45) is 0.910. The fourth-order valence-electron chi connectivity index (χ4n) is 2.62. The Morgan fingerprint density at radius 2 is 1.88 bits per heavy atom. The highest BCUT2D eigenvalue weighted by Gasteiger charge is 2.11. The number of fused-ring (bicyclic) bond motifs is 1. The van der Waals surface area contributed by atoms with Crippen LogP contribution >= 0.6 is 0 Å². The van der Waals surface area contributed by atoms with Gasteiger partial charge in [0.2, 0.25) is 0 Å². The molecular weight excluding hydrogens is 336 g/mol. The van der Waals surface area contributed by atoms with Gasteiger partial charge in [-0.3, -0.25) is 9.36 Å². The number of nitrogens with zero attached hydrogens (tertiary/aromatic N) is 1. The minimum Gasteiger partial charge on any atom is -0.494 e. The summed E-state index contributed by atoms with van der Waals surface area (Å²) < 4.78 is 6.60. The summed E-state index contributed by atoms with van der Waals surface area (Å²) in [5, 5.41) is 9.28. The van der Waals surface area contributed by atoms with Crippen molar-refractivity contribution in [3.8, 4) is 5.75 Å². The molecule has 0 atom stereocenters. The molecular formula is C19H18N2O5. The Labute approximate surface area is 148 Å². The van der Waals surface area contributed by atoms with Gasteiger partial charge in [-0.15, -0.1) is 0 Å². The SMILES string of the molecule is CCCOc1ccc(Cn2c(=O)[nH]c3cc(C(=O)O)ccc3c2=O)cc1. The number of nitrogens with one attached hydrogen (secondary N) is 1. The second kappa shape index (κ2) is 7.26. The molecule has 0 fully saturated rings. The number of benzene rings is 2. The van der Waals surface area contributed by atoms with Crippen molar-refractivity contribution in [1.29, 1.82) is 0 Å². The van der Waals surface area contributed by atoms with Crippen molar-refractivity contribution in [2.45, 2.75) is 19.9 Å². The van der Waals surface area contributed by atoms with E-state index in [1.165, 1.54) is 18.2 Å². The van der Waals surface area contributed by atoms with Crippen molar-refractivity contribution < 1.29 is 14.6 Å². The van der Waals surface area contributed by atoms with Crippen LogP contribution in [0.2, 0.25) is 0 Å². The fourth-order valence-corrected chi connectivity index (χ4v) is 2.62. The molecule has 0 saturated heterocycles. The molecule has 1 aromatic heterocycles. The molecule has 0 unspecified atom stereocenters. The zero-order valence-electron chi connectivity index (χ0n) is 14.2. The lowest BCUT2D eigenvalue weighted by Crippen LogP contribution is -2.35. The van der Waals surface area contributed by atoms with E-state index in [1.54, 1.807) is 24.3 Å². The lowest BCUT2D eigenvalue weighted by atomic mass is 10.1. The van der Waals surface area contributed by atoms with Gasteiger partial charge in [-0.2, -0.15) is 0 Å². The van der Waals surface area contributed by atoms with Gasteiger partial charge in [-0.05, 0) is 42.3 Å². The standard InChI is InChI=1S/C19H18N2O5/c1-2-9-26-14-6-3-12(4-7-14)11-21-17(22)15-8-5-13(18(23)24)10-16(15)20-19(21)25/h3-8,10H,2,9,11H2,1H3,(H,20,25)(H,23,24). The van der Waals surface area contributed by atoms with E-state index in [9.17, 15) is 14.4 Å². The first-order chi connectivity index (χ1) is 12.5. The Hall–Kier alpha value is -3.35. The van der Waals surface area contributed by atoms with Gasteiger partial charge in [0.1, 0.15) is 5.75 Å². The van der Waals surface area contributed by atoms with Crippen molar-refractivity contribution in [2.75, 3.05) is 6.61 Å². The summed E-state index contributed by atoms with van der Waals surface area (Å²) in [6, 6.07) is 11.2. The van der Waals surface area contributed by atoms with Crippen LogP contribution < -0.4 is 16.0 Å². The third kappa shape index (κ3) is 3.51. The van der Waals surface area contributed by atoms with Gasteiger partial charge >= 0.3 is 11.7 Å². The zero-order chi connectivity index (χ0) is 18.7. The molecule has 134 valence electrons. The summed E-state index contributed by atoms with van der Waals surface area (Å²) in [7, 11) is 0. The monoisotopic (exact) mass is 354 g/mol. The number of carboxylic acid groups (broad SMARTS) is 1. The minimum atomic E-state index is -1.12. The molecule has 7 nitrogen and oxygen atoms in total. The largest absolute Gasteiger partial charge is 0.494 e. The Morgan fingerprint density at radius 1 is 1.15 bits per heavy atom. The molecule has 26 heavy (non-hydrogen) atoms. The lowest BCUT2D eigenvalue weighted by molar-refractivity contribution is 0.0697. The second-order valence-corrected chi connectivity index (χ2v) is 5.88. The van der Waals surface area contributed by atoms with Gasteiger partial charge in [0, 0.05) is 0 Å². The molecule has 0 amide bonds. The molecule has 0 radical (unpaired) electrons. The van der Waals surface area contributed by atoms with Crippen LogP contribution in [0.1, 0.15) is 29.3 Å². The fraction of sp³-hybridized carbons (Fsp3) is 0.211. The first kappa shape index (κ1) is 17.5. The van der Waals surface area contributed by atoms with E-state index in [4.69, 9.17) is 9.84 Å². The quantitative estimate of drug-likeness (QED) is 0.707. The minimum absolute atomic E-state index is 0.00738. The summed E-state index contributed by atoms with van der Waals surface area (Å²) in [6.45, 7) is 2.76. The van der Waals surface area contributed by atoms with Crippen LogP contribution in [-0.4, -0.2) is 27.2 Å².